The Morgan fingerprint density at radius 3 is 2.39 bits per heavy atom. The van der Waals surface area contributed by atoms with Crippen LogP contribution < -0.4 is 24.8 Å². The van der Waals surface area contributed by atoms with Crippen LogP contribution in [0.2, 0.25) is 0 Å². The van der Waals surface area contributed by atoms with Crippen LogP contribution in [0.15, 0.2) is 30.4 Å². The monoisotopic (exact) mass is 358 g/mol. The van der Waals surface area contributed by atoms with Crippen molar-refractivity contribution >= 4 is 0 Å². The van der Waals surface area contributed by atoms with Crippen LogP contribution in [-0.2, 0) is 39.0 Å². The van der Waals surface area contributed by atoms with E-state index in [0.717, 1.165) is 6.42 Å². The summed E-state index contributed by atoms with van der Waals surface area (Å²) >= 11 is 0. The van der Waals surface area contributed by atoms with Gasteiger partial charge in [0, 0.05) is 0 Å². The fraction of sp³-hybridized carbons (Fsp3) is 0.400. The Hall–Kier alpha value is 0.293. The van der Waals surface area contributed by atoms with Crippen LogP contribution in [0, 0.1) is 13.0 Å². The minimum atomic E-state index is 0. The molecule has 0 aromatic heterocycles. The Kier molecular flexibility index (Phi) is 12.8. The van der Waals surface area contributed by atoms with E-state index in [2.05, 4.69) is 31.2 Å². The van der Waals surface area contributed by atoms with Gasteiger partial charge in [0.15, 0.2) is 0 Å². The van der Waals surface area contributed by atoms with E-state index in [1.807, 2.05) is 12.2 Å². The van der Waals surface area contributed by atoms with Crippen molar-refractivity contribution in [3.63, 3.8) is 0 Å². The molecule has 18 heavy (non-hydrogen) atoms. The van der Waals surface area contributed by atoms with Gasteiger partial charge >= 0.3 is 26.2 Å². The Bertz CT molecular complexity index is 368. The Morgan fingerprint density at radius 1 is 1.17 bits per heavy atom. The summed E-state index contributed by atoms with van der Waals surface area (Å²) in [5.41, 5.74) is 4.77. The van der Waals surface area contributed by atoms with Crippen LogP contribution in [0.1, 0.15) is 36.0 Å². The van der Waals surface area contributed by atoms with Crippen LogP contribution in [0.3, 0.4) is 0 Å². The number of fused-ring (bicyclic) bond motifs is 1. The summed E-state index contributed by atoms with van der Waals surface area (Å²) in [4.78, 5) is 0. The summed E-state index contributed by atoms with van der Waals surface area (Å²) in [6, 6.07) is 4.56. The molecule has 2 aliphatic rings. The molecular weight excluding hydrogens is 342 g/mol. The minimum Gasteiger partial charge on any atom is -1.00 e. The van der Waals surface area contributed by atoms with E-state index in [1.54, 1.807) is 11.1 Å². The third-order valence-corrected chi connectivity index (χ3v) is 3.11. The van der Waals surface area contributed by atoms with Gasteiger partial charge in [-0.2, -0.15) is 28.8 Å². The number of hydrogen-bond donors (Lipinski definition) is 0. The molecule has 0 bridgehead atoms. The van der Waals surface area contributed by atoms with Gasteiger partial charge in [0.25, 0.3) is 0 Å². The molecule has 0 unspecified atom stereocenters. The van der Waals surface area contributed by atoms with Gasteiger partial charge in [0.05, 0.1) is 0 Å². The number of rotatable bonds is 0. The van der Waals surface area contributed by atoms with Gasteiger partial charge < -0.3 is 24.8 Å². The second-order valence-electron chi connectivity index (χ2n) is 4.23. The molecule has 0 saturated carbocycles. The van der Waals surface area contributed by atoms with Gasteiger partial charge in [-0.25, -0.2) is 18.2 Å². The maximum atomic E-state index is 2.99. The first-order chi connectivity index (χ1) is 7.38. The molecular formula is C15H18Cl2Zr. The largest absolute Gasteiger partial charge is 4.00 e. The predicted octanol–water partition coefficient (Wildman–Crippen LogP) is -2.10. The van der Waals surface area contributed by atoms with Crippen molar-refractivity contribution in [2.75, 3.05) is 0 Å². The van der Waals surface area contributed by atoms with Crippen molar-refractivity contribution in [2.24, 2.45) is 0 Å². The Labute approximate surface area is 142 Å². The first-order valence-electron chi connectivity index (χ1n) is 5.83. The van der Waals surface area contributed by atoms with Crippen molar-refractivity contribution < 1.29 is 51.0 Å². The number of halogens is 2. The summed E-state index contributed by atoms with van der Waals surface area (Å²) in [7, 11) is 0. The van der Waals surface area contributed by atoms with E-state index in [4.69, 9.17) is 0 Å². The van der Waals surface area contributed by atoms with Crippen molar-refractivity contribution in [1.82, 2.24) is 0 Å². The molecule has 2 aliphatic carbocycles. The number of hydrogen-bond acceptors (Lipinski definition) is 0. The van der Waals surface area contributed by atoms with Crippen LogP contribution in [-0.4, -0.2) is 0 Å². The molecule has 0 aliphatic heterocycles. The van der Waals surface area contributed by atoms with Crippen LogP contribution in [0.4, 0.5) is 0 Å². The summed E-state index contributed by atoms with van der Waals surface area (Å²) in [6.45, 7) is 2.23. The zero-order valence-electron chi connectivity index (χ0n) is 10.7. The van der Waals surface area contributed by atoms with Crippen LogP contribution in [0.25, 0.3) is 0 Å². The standard InChI is InChI=1S/C10H13.C5H5.2ClH.Zr/c1-8-6-7-9-4-2-3-5-10(8)9;1-2-4-5-3-1;;;/h6-7H,2-5H2,1H3;1-3H,4H2;2*1H;/q2*-1;;;+4/p-2. The SMILES string of the molecule is C[c-]1ccc2c1CCCC2.[C-]1=CC=CC1.[Cl-].[Cl-].[Zr+4]. The Morgan fingerprint density at radius 2 is 1.89 bits per heavy atom. The second-order valence-corrected chi connectivity index (χ2v) is 4.23. The summed E-state index contributed by atoms with van der Waals surface area (Å²) in [5.74, 6) is 0. The molecule has 0 N–H and O–H groups in total. The molecule has 0 heterocycles. The molecule has 0 saturated heterocycles. The fourth-order valence-corrected chi connectivity index (χ4v) is 2.23. The van der Waals surface area contributed by atoms with E-state index in [9.17, 15) is 0 Å². The molecule has 0 spiro atoms. The second kappa shape index (κ2) is 11.1. The molecule has 0 radical (unpaired) electrons. The zero-order chi connectivity index (χ0) is 10.5. The molecule has 3 rings (SSSR count). The molecule has 1 aromatic carbocycles. The van der Waals surface area contributed by atoms with Crippen LogP contribution in [0.5, 0.6) is 0 Å². The van der Waals surface area contributed by atoms with Gasteiger partial charge in [-0.05, 0) is 0 Å². The first kappa shape index (κ1) is 20.6. The normalized spacial score (nSPS) is 14.3. The van der Waals surface area contributed by atoms with Crippen molar-refractivity contribution in [2.45, 2.75) is 39.0 Å². The molecule has 0 atom stereocenters. The predicted molar refractivity (Wildman–Crippen MR) is 65.0 cm³/mol. The summed E-state index contributed by atoms with van der Waals surface area (Å²) < 4.78 is 0. The smallest absolute Gasteiger partial charge is 1.00 e. The Balaban J connectivity index is 0. The third kappa shape index (κ3) is 5.96. The summed E-state index contributed by atoms with van der Waals surface area (Å²) in [6.07, 6.45) is 15.5. The van der Waals surface area contributed by atoms with E-state index >= 15 is 0 Å². The van der Waals surface area contributed by atoms with Crippen molar-refractivity contribution in [3.8, 4) is 0 Å². The molecule has 3 heteroatoms. The molecule has 1 aromatic rings. The van der Waals surface area contributed by atoms with Gasteiger partial charge in [-0.1, -0.05) is 32.6 Å². The molecule has 0 nitrogen and oxygen atoms in total. The van der Waals surface area contributed by atoms with Gasteiger partial charge in [-0.15, -0.1) is 6.42 Å². The molecule has 0 amide bonds. The van der Waals surface area contributed by atoms with Crippen molar-refractivity contribution in [3.05, 3.63) is 53.1 Å². The summed E-state index contributed by atoms with van der Waals surface area (Å²) in [5, 5.41) is 0. The first-order valence-corrected chi connectivity index (χ1v) is 5.83. The van der Waals surface area contributed by atoms with E-state index in [1.165, 1.54) is 31.2 Å². The van der Waals surface area contributed by atoms with E-state index < -0.39 is 0 Å². The number of allylic oxidation sites excluding steroid dienone is 4. The molecule has 0 fully saturated rings. The third-order valence-electron chi connectivity index (χ3n) is 3.11. The van der Waals surface area contributed by atoms with E-state index in [-0.39, 0.29) is 51.0 Å². The van der Waals surface area contributed by atoms with Gasteiger partial charge in [0.1, 0.15) is 0 Å². The average Bonchev–Trinajstić information content (AvgIpc) is 2.92. The number of aryl methyl sites for hydroxylation is 2. The average molecular weight is 360 g/mol. The van der Waals surface area contributed by atoms with E-state index in [0.29, 0.717) is 0 Å². The fourth-order valence-electron chi connectivity index (χ4n) is 2.23. The topological polar surface area (TPSA) is 0 Å². The van der Waals surface area contributed by atoms with Crippen molar-refractivity contribution in [1.29, 1.82) is 0 Å². The quantitative estimate of drug-likeness (QED) is 0.466. The maximum absolute atomic E-state index is 2.99. The van der Waals surface area contributed by atoms with Gasteiger partial charge in [-0.3, -0.25) is 6.08 Å². The minimum absolute atomic E-state index is 0. The van der Waals surface area contributed by atoms with Crippen LogP contribution >= 0.6 is 0 Å². The zero-order valence-corrected chi connectivity index (χ0v) is 14.6. The van der Waals surface area contributed by atoms with Gasteiger partial charge in [0.2, 0.25) is 0 Å². The maximum Gasteiger partial charge on any atom is 4.00 e. The molecule has 96 valence electrons.